The second kappa shape index (κ2) is 14.4. The molecule has 0 N–H and O–H groups in total. The summed E-state index contributed by atoms with van der Waals surface area (Å²) in [5.74, 6) is 0. The van der Waals surface area contributed by atoms with E-state index in [1.165, 1.54) is 19.3 Å². The van der Waals surface area contributed by atoms with Gasteiger partial charge in [-0.05, 0) is 0 Å². The van der Waals surface area contributed by atoms with Crippen molar-refractivity contribution in [3.8, 4) is 0 Å². The Balaban J connectivity index is -0.000000125. The van der Waals surface area contributed by atoms with Crippen molar-refractivity contribution in [1.82, 2.24) is 0 Å². The zero-order valence-corrected chi connectivity index (χ0v) is 10.6. The monoisotopic (exact) mass is 212 g/mol. The van der Waals surface area contributed by atoms with Gasteiger partial charge in [-0.1, -0.05) is 47.0 Å². The van der Waals surface area contributed by atoms with E-state index in [0.717, 1.165) is 13.4 Å². The first kappa shape index (κ1) is 18.6. The summed E-state index contributed by atoms with van der Waals surface area (Å²) in [5.41, 5.74) is 0. The van der Waals surface area contributed by atoms with E-state index < -0.39 is 10.1 Å². The summed E-state index contributed by atoms with van der Waals surface area (Å²) in [6, 6.07) is 0. The molecule has 0 aromatic heterocycles. The zero-order chi connectivity index (χ0) is 11.3. The minimum atomic E-state index is -3.16. The average Bonchev–Trinajstić information content (AvgIpc) is 2.05. The molecule has 0 aromatic rings. The van der Waals surface area contributed by atoms with Crippen LogP contribution in [0.4, 0.5) is 0 Å². The summed E-state index contributed by atoms with van der Waals surface area (Å²) in [7, 11) is -2.04. The number of hydrogen-bond acceptors (Lipinski definition) is 3. The van der Waals surface area contributed by atoms with Crippen LogP contribution in [0, 0.1) is 0 Å². The van der Waals surface area contributed by atoms with E-state index in [-0.39, 0.29) is 0 Å². The first-order valence-electron chi connectivity index (χ1n) is 4.64. The zero-order valence-electron chi connectivity index (χ0n) is 9.75. The van der Waals surface area contributed by atoms with Crippen LogP contribution in [0.15, 0.2) is 0 Å². The highest BCUT2D eigenvalue weighted by Gasteiger charge is 1.90. The maximum Gasteiger partial charge on any atom is 0.264 e. The van der Waals surface area contributed by atoms with Crippen LogP contribution in [-0.4, -0.2) is 21.8 Å². The van der Waals surface area contributed by atoms with Gasteiger partial charge in [0, 0.05) is 0 Å². The molecule has 0 saturated carbocycles. The first-order chi connectivity index (χ1) is 5.89. The fraction of sp³-hybridized carbons (Fsp3) is 1.00. The first-order valence-corrected chi connectivity index (χ1v) is 6.46. The van der Waals surface area contributed by atoms with E-state index in [2.05, 4.69) is 31.9 Å². The van der Waals surface area contributed by atoms with Gasteiger partial charge < -0.3 is 0 Å². The molecule has 0 aliphatic heterocycles. The molecule has 0 saturated heterocycles. The van der Waals surface area contributed by atoms with Gasteiger partial charge in [0.05, 0.1) is 13.4 Å². The highest BCUT2D eigenvalue weighted by Crippen LogP contribution is 1.77. The number of unbranched alkanes of at least 4 members (excludes halogenated alkanes) is 1. The Kier molecular flexibility index (Phi) is 20.7. The van der Waals surface area contributed by atoms with Crippen molar-refractivity contribution in [3.05, 3.63) is 0 Å². The molecular formula is C9H24O3S. The Hall–Kier alpha value is -0.0900. The Bertz CT molecular complexity index is 148. The normalized spacial score (nSPS) is 9.08. The Labute approximate surface area is 83.6 Å². The maximum absolute atomic E-state index is 9.78. The Morgan fingerprint density at radius 2 is 1.15 bits per heavy atom. The largest absolute Gasteiger partial charge is 0.274 e. The smallest absolute Gasteiger partial charge is 0.264 e. The summed E-state index contributed by atoms with van der Waals surface area (Å²) in [6.45, 7) is 8.61. The van der Waals surface area contributed by atoms with Crippen LogP contribution in [0.3, 0.4) is 0 Å². The maximum atomic E-state index is 9.78. The lowest BCUT2D eigenvalue weighted by Gasteiger charge is -1.84. The van der Waals surface area contributed by atoms with Gasteiger partial charge in [-0.2, -0.15) is 8.42 Å². The van der Waals surface area contributed by atoms with Crippen molar-refractivity contribution < 1.29 is 12.6 Å². The third-order valence-electron chi connectivity index (χ3n) is 0.803. The summed E-state index contributed by atoms with van der Waals surface area (Å²) < 4.78 is 23.5. The quantitative estimate of drug-likeness (QED) is 0.661. The van der Waals surface area contributed by atoms with Crippen LogP contribution in [0.1, 0.15) is 47.0 Å². The van der Waals surface area contributed by atoms with Gasteiger partial charge in [-0.15, -0.1) is 0 Å². The molecule has 0 atom stereocenters. The van der Waals surface area contributed by atoms with Crippen LogP contribution >= 0.6 is 0 Å². The van der Waals surface area contributed by atoms with Crippen LogP contribution in [-0.2, 0) is 14.3 Å². The molecule has 0 radical (unpaired) electrons. The molecule has 0 aliphatic carbocycles. The predicted octanol–water partition coefficient (Wildman–Crippen LogP) is 2.82. The topological polar surface area (TPSA) is 43.4 Å². The van der Waals surface area contributed by atoms with Gasteiger partial charge in [-0.3, -0.25) is 4.18 Å². The van der Waals surface area contributed by atoms with Gasteiger partial charge in [0.2, 0.25) is 0 Å². The van der Waals surface area contributed by atoms with Gasteiger partial charge in [0.1, 0.15) is 0 Å². The third kappa shape index (κ3) is 76.5. The third-order valence-corrected chi connectivity index (χ3v) is 1.41. The fourth-order valence-corrected chi connectivity index (χ4v) is 0. The van der Waals surface area contributed by atoms with Crippen molar-refractivity contribution >= 4 is 10.1 Å². The lowest BCUT2D eigenvalue weighted by atomic mass is 10.4. The van der Waals surface area contributed by atoms with Crippen LogP contribution in [0.5, 0.6) is 0 Å². The molecular weight excluding hydrogens is 188 g/mol. The van der Waals surface area contributed by atoms with Crippen LogP contribution in [0.25, 0.3) is 0 Å². The van der Waals surface area contributed by atoms with Crippen molar-refractivity contribution in [1.29, 1.82) is 0 Å². The van der Waals surface area contributed by atoms with Crippen molar-refractivity contribution in [3.63, 3.8) is 0 Å². The standard InChI is InChI=1S/C4H10.C3H8.C2H6O3S/c1-3-4-2;1-3-2;1-5-6(2,3)4/h3-4H2,1-2H3;3H2,1-2H3;1-2H3. The number of rotatable bonds is 2. The van der Waals surface area contributed by atoms with Crippen molar-refractivity contribution in [2.75, 3.05) is 13.4 Å². The van der Waals surface area contributed by atoms with Gasteiger partial charge in [0.25, 0.3) is 10.1 Å². The minimum absolute atomic E-state index is 0.993. The predicted molar refractivity (Wildman–Crippen MR) is 58.4 cm³/mol. The molecule has 0 amide bonds. The van der Waals surface area contributed by atoms with E-state index in [9.17, 15) is 8.42 Å². The molecule has 84 valence electrons. The number of hydrogen-bond donors (Lipinski definition) is 0. The summed E-state index contributed by atoms with van der Waals surface area (Å²) in [5, 5.41) is 0. The minimum Gasteiger partial charge on any atom is -0.274 e. The molecule has 4 heteroatoms. The van der Waals surface area contributed by atoms with E-state index in [1.54, 1.807) is 0 Å². The van der Waals surface area contributed by atoms with Crippen LogP contribution in [0.2, 0.25) is 0 Å². The average molecular weight is 212 g/mol. The Morgan fingerprint density at radius 3 is 1.15 bits per heavy atom. The second-order valence-electron chi connectivity index (χ2n) is 2.58. The lowest BCUT2D eigenvalue weighted by Crippen LogP contribution is -1.95. The van der Waals surface area contributed by atoms with Gasteiger partial charge in [-0.25, -0.2) is 0 Å². The highest BCUT2D eigenvalue weighted by molar-refractivity contribution is 7.85. The molecule has 13 heavy (non-hydrogen) atoms. The van der Waals surface area contributed by atoms with E-state index >= 15 is 0 Å². The van der Waals surface area contributed by atoms with E-state index in [4.69, 9.17) is 0 Å². The van der Waals surface area contributed by atoms with Gasteiger partial charge in [0.15, 0.2) is 0 Å². The molecule has 0 aromatic carbocycles. The SMILES string of the molecule is CCC.CCCC.COS(C)(=O)=O. The lowest BCUT2D eigenvalue weighted by molar-refractivity contribution is 0.403. The Morgan fingerprint density at radius 1 is 1.00 bits per heavy atom. The molecule has 0 fully saturated rings. The molecule has 0 heterocycles. The molecule has 0 bridgehead atoms. The van der Waals surface area contributed by atoms with E-state index in [0.29, 0.717) is 0 Å². The second-order valence-corrected chi connectivity index (χ2v) is 4.32. The fourth-order valence-electron chi connectivity index (χ4n) is 0. The molecule has 0 unspecified atom stereocenters. The van der Waals surface area contributed by atoms with Crippen LogP contribution < -0.4 is 0 Å². The van der Waals surface area contributed by atoms with E-state index in [1.807, 2.05) is 0 Å². The molecule has 0 aliphatic rings. The van der Waals surface area contributed by atoms with Crippen molar-refractivity contribution in [2.45, 2.75) is 47.0 Å². The summed E-state index contributed by atoms with van der Waals surface area (Å²) in [6.07, 6.45) is 4.88. The molecule has 0 rings (SSSR count). The molecule has 0 spiro atoms. The summed E-state index contributed by atoms with van der Waals surface area (Å²) >= 11 is 0. The molecule has 3 nitrogen and oxygen atoms in total. The van der Waals surface area contributed by atoms with Crippen molar-refractivity contribution in [2.24, 2.45) is 0 Å². The highest BCUT2D eigenvalue weighted by atomic mass is 32.2. The summed E-state index contributed by atoms with van der Waals surface area (Å²) in [4.78, 5) is 0. The van der Waals surface area contributed by atoms with Gasteiger partial charge >= 0.3 is 0 Å².